The summed E-state index contributed by atoms with van der Waals surface area (Å²) in [6.45, 7) is 3.05. The zero-order chi connectivity index (χ0) is 19.7. The first-order valence-electron chi connectivity index (χ1n) is 9.40. The van der Waals surface area contributed by atoms with Crippen LogP contribution in [0.5, 0.6) is 11.5 Å². The van der Waals surface area contributed by atoms with E-state index in [1.54, 1.807) is 0 Å². The summed E-state index contributed by atoms with van der Waals surface area (Å²) in [5.41, 5.74) is 7.50. The van der Waals surface area contributed by atoms with Crippen LogP contribution in [0.4, 0.5) is 0 Å². The second-order valence-corrected chi connectivity index (χ2v) is 7.95. The molecule has 1 unspecified atom stereocenters. The maximum absolute atomic E-state index is 8.71. The van der Waals surface area contributed by atoms with Crippen molar-refractivity contribution in [2.24, 2.45) is 10.7 Å². The lowest BCUT2D eigenvalue weighted by molar-refractivity contribution is 0.174. The van der Waals surface area contributed by atoms with Gasteiger partial charge in [-0.2, -0.15) is 0 Å². The number of nitrogens with one attached hydrogen (secondary N) is 1. The van der Waals surface area contributed by atoms with Crippen LogP contribution in [0.15, 0.2) is 51.9 Å². The number of hydrogen-bond acceptors (Lipinski definition) is 5. The van der Waals surface area contributed by atoms with Crippen LogP contribution in [0.25, 0.3) is 0 Å². The van der Waals surface area contributed by atoms with Crippen molar-refractivity contribution in [2.45, 2.75) is 31.7 Å². The quantitative estimate of drug-likeness (QED) is 0.725. The number of aliphatic imine (C=N–C) groups is 1. The summed E-state index contributed by atoms with van der Waals surface area (Å²) in [4.78, 5) is 6.78. The van der Waals surface area contributed by atoms with Crippen LogP contribution < -0.4 is 15.2 Å². The number of hydrogen-bond donors (Lipinski definition) is 2. The fourth-order valence-electron chi connectivity index (χ4n) is 3.74. The van der Waals surface area contributed by atoms with Crippen molar-refractivity contribution in [1.82, 2.24) is 4.90 Å². The third-order valence-electron chi connectivity index (χ3n) is 5.22. The molecule has 2 heterocycles. The van der Waals surface area contributed by atoms with Gasteiger partial charge in [0.05, 0.1) is 0 Å². The van der Waals surface area contributed by atoms with E-state index in [1.165, 1.54) is 0 Å². The molecule has 6 nitrogen and oxygen atoms in total. The molecule has 3 N–H and O–H groups in total. The second kappa shape index (κ2) is 7.47. The molecule has 0 amide bonds. The number of nitrogens with two attached hydrogens (primary N) is 1. The first-order chi connectivity index (χ1) is 13.5. The van der Waals surface area contributed by atoms with E-state index in [-0.39, 0.29) is 6.79 Å². The summed E-state index contributed by atoms with van der Waals surface area (Å²) in [6, 6.07) is 13.9. The van der Waals surface area contributed by atoms with E-state index in [9.17, 15) is 0 Å². The molecule has 0 radical (unpaired) electrons. The summed E-state index contributed by atoms with van der Waals surface area (Å²) < 4.78 is 12.0. The smallest absolute Gasteiger partial charge is 0.231 e. The second-order valence-electron chi connectivity index (χ2n) is 7.04. The molecule has 0 spiro atoms. The van der Waals surface area contributed by atoms with Crippen molar-refractivity contribution in [3.05, 3.63) is 58.1 Å². The van der Waals surface area contributed by atoms with Gasteiger partial charge in [0.2, 0.25) is 6.79 Å². The molecule has 28 heavy (non-hydrogen) atoms. The Balaban J connectivity index is 1.86. The topological polar surface area (TPSA) is 83.9 Å². The highest BCUT2D eigenvalue weighted by molar-refractivity contribution is 9.10. The average Bonchev–Trinajstić information content (AvgIpc) is 3.15. The van der Waals surface area contributed by atoms with Gasteiger partial charge in [-0.1, -0.05) is 47.5 Å². The molecule has 1 atom stereocenters. The number of rotatable bonds is 5. The standard InChI is InChI=1S/C21H23BrN4O2/c1-2-3-9-26-19(23)12-21(25-20(26)24,14-5-4-6-16(22)10-14)15-7-8-17-18(11-15)28-13-27-17/h4-8,10-11,23H,2-3,9,12-13H2,1H3,(H2,24,25). The number of fused-ring (bicyclic) bond motifs is 1. The number of ether oxygens (including phenoxy) is 2. The van der Waals surface area contributed by atoms with Gasteiger partial charge in [-0.25, -0.2) is 4.99 Å². The number of unbranched alkanes of at least 4 members (excludes halogenated alkanes) is 1. The largest absolute Gasteiger partial charge is 0.454 e. The highest BCUT2D eigenvalue weighted by Gasteiger charge is 2.41. The van der Waals surface area contributed by atoms with Gasteiger partial charge in [0.1, 0.15) is 11.4 Å². The van der Waals surface area contributed by atoms with Gasteiger partial charge in [0, 0.05) is 17.4 Å². The average molecular weight is 443 g/mol. The Morgan fingerprint density at radius 3 is 2.71 bits per heavy atom. The minimum atomic E-state index is -0.783. The predicted octanol–water partition coefficient (Wildman–Crippen LogP) is 4.22. The van der Waals surface area contributed by atoms with Crippen molar-refractivity contribution in [3.63, 3.8) is 0 Å². The van der Waals surface area contributed by atoms with Crippen molar-refractivity contribution in [3.8, 4) is 11.5 Å². The third-order valence-corrected chi connectivity index (χ3v) is 5.71. The summed E-state index contributed by atoms with van der Waals surface area (Å²) in [5.74, 6) is 2.27. The van der Waals surface area contributed by atoms with Gasteiger partial charge in [-0.15, -0.1) is 0 Å². The molecule has 2 aliphatic rings. The Hall–Kier alpha value is -2.54. The van der Waals surface area contributed by atoms with E-state index < -0.39 is 5.54 Å². The van der Waals surface area contributed by atoms with Crippen LogP contribution in [-0.2, 0) is 5.54 Å². The van der Waals surface area contributed by atoms with Crippen LogP contribution in [0.2, 0.25) is 0 Å². The molecule has 2 aromatic carbocycles. The number of amidine groups is 1. The first-order valence-corrected chi connectivity index (χ1v) is 10.2. The lowest BCUT2D eigenvalue weighted by atomic mass is 9.79. The fourth-order valence-corrected chi connectivity index (χ4v) is 4.14. The molecule has 0 bridgehead atoms. The van der Waals surface area contributed by atoms with E-state index in [4.69, 9.17) is 25.6 Å². The molecular weight excluding hydrogens is 420 g/mol. The van der Waals surface area contributed by atoms with E-state index in [1.807, 2.05) is 47.4 Å². The Labute approximate surface area is 173 Å². The molecule has 146 valence electrons. The lowest BCUT2D eigenvalue weighted by Crippen LogP contribution is -2.51. The van der Waals surface area contributed by atoms with E-state index in [2.05, 4.69) is 22.9 Å². The first kappa shape index (κ1) is 18.8. The van der Waals surface area contributed by atoms with E-state index >= 15 is 0 Å². The number of nitrogens with zero attached hydrogens (tertiary/aromatic N) is 2. The Morgan fingerprint density at radius 2 is 1.96 bits per heavy atom. The lowest BCUT2D eigenvalue weighted by Gasteiger charge is -2.40. The summed E-state index contributed by atoms with van der Waals surface area (Å²) in [5, 5.41) is 8.71. The summed E-state index contributed by atoms with van der Waals surface area (Å²) in [6.07, 6.45) is 2.43. The van der Waals surface area contributed by atoms with Crippen LogP contribution >= 0.6 is 15.9 Å². The number of guanidine groups is 1. The van der Waals surface area contributed by atoms with Gasteiger partial charge in [-0.3, -0.25) is 5.41 Å². The van der Waals surface area contributed by atoms with Crippen LogP contribution in [0.3, 0.4) is 0 Å². The number of benzene rings is 2. The monoisotopic (exact) mass is 442 g/mol. The highest BCUT2D eigenvalue weighted by atomic mass is 79.9. The normalized spacial score (nSPS) is 21.0. The van der Waals surface area contributed by atoms with E-state index in [0.29, 0.717) is 30.5 Å². The van der Waals surface area contributed by atoms with Crippen LogP contribution in [-0.4, -0.2) is 30.0 Å². The Bertz CT molecular complexity index is 946. The maximum Gasteiger partial charge on any atom is 0.231 e. The molecule has 0 saturated carbocycles. The predicted molar refractivity (Wildman–Crippen MR) is 113 cm³/mol. The van der Waals surface area contributed by atoms with Gasteiger partial charge in [-0.05, 0) is 41.8 Å². The zero-order valence-electron chi connectivity index (χ0n) is 15.7. The molecule has 7 heteroatoms. The Morgan fingerprint density at radius 1 is 1.18 bits per heavy atom. The third kappa shape index (κ3) is 3.24. The minimum Gasteiger partial charge on any atom is -0.454 e. The number of halogens is 1. The van der Waals surface area contributed by atoms with Crippen molar-refractivity contribution >= 4 is 27.7 Å². The molecular formula is C21H23BrN4O2. The fraction of sp³-hybridized carbons (Fsp3) is 0.333. The molecule has 0 fully saturated rings. The minimum absolute atomic E-state index is 0.217. The SMILES string of the molecule is CCCCN1C(=N)CC(c2cccc(Br)c2)(c2ccc3c(c2)OCO3)N=C1N. The van der Waals surface area contributed by atoms with Gasteiger partial charge in [0.15, 0.2) is 17.5 Å². The Kier molecular flexibility index (Phi) is 5.02. The van der Waals surface area contributed by atoms with Crippen LogP contribution in [0, 0.1) is 5.41 Å². The van der Waals surface area contributed by atoms with Gasteiger partial charge >= 0.3 is 0 Å². The van der Waals surface area contributed by atoms with Crippen molar-refractivity contribution in [1.29, 1.82) is 5.41 Å². The summed E-state index contributed by atoms with van der Waals surface area (Å²) in [7, 11) is 0. The van der Waals surface area contributed by atoms with Gasteiger partial charge < -0.3 is 20.1 Å². The molecule has 0 saturated heterocycles. The zero-order valence-corrected chi connectivity index (χ0v) is 17.3. The summed E-state index contributed by atoms with van der Waals surface area (Å²) >= 11 is 3.56. The molecule has 2 aliphatic heterocycles. The van der Waals surface area contributed by atoms with Crippen LogP contribution in [0.1, 0.15) is 37.3 Å². The molecule has 4 rings (SSSR count). The van der Waals surface area contributed by atoms with Gasteiger partial charge in [0.25, 0.3) is 0 Å². The van der Waals surface area contributed by atoms with Crippen molar-refractivity contribution < 1.29 is 9.47 Å². The van der Waals surface area contributed by atoms with E-state index in [0.717, 1.165) is 34.2 Å². The molecule has 0 aliphatic carbocycles. The highest BCUT2D eigenvalue weighted by Crippen LogP contribution is 2.44. The molecule has 0 aromatic heterocycles. The maximum atomic E-state index is 8.71. The van der Waals surface area contributed by atoms with Crippen molar-refractivity contribution in [2.75, 3.05) is 13.3 Å². The molecule has 2 aromatic rings.